The van der Waals surface area contributed by atoms with Crippen molar-refractivity contribution in [1.29, 1.82) is 0 Å². The molecule has 1 aliphatic rings. The molecule has 2 atom stereocenters. The summed E-state index contributed by atoms with van der Waals surface area (Å²) < 4.78 is 27.7. The highest BCUT2D eigenvalue weighted by molar-refractivity contribution is 7.89. The molecule has 106 valence electrons. The second-order valence-electron chi connectivity index (χ2n) is 5.74. The average Bonchev–Trinajstić information content (AvgIpc) is 2.35. The monoisotopic (exact) mass is 281 g/mol. The first-order valence-corrected chi connectivity index (χ1v) is 8.48. The number of sulfonamides is 1. The van der Waals surface area contributed by atoms with Crippen molar-refractivity contribution in [1.82, 2.24) is 4.72 Å². The van der Waals surface area contributed by atoms with Gasteiger partial charge in [0.05, 0.1) is 4.90 Å². The van der Waals surface area contributed by atoms with E-state index in [2.05, 4.69) is 11.6 Å². The molecule has 0 bridgehead atoms. The normalized spacial score (nSPS) is 24.4. The van der Waals surface area contributed by atoms with Gasteiger partial charge in [0, 0.05) is 6.04 Å². The summed E-state index contributed by atoms with van der Waals surface area (Å²) in [5, 5.41) is 0. The zero-order valence-corrected chi connectivity index (χ0v) is 12.8. The summed E-state index contributed by atoms with van der Waals surface area (Å²) in [6.07, 6.45) is 4.39. The SMILES string of the molecule is Cc1ccc(S(=O)(=O)N[C@H]2CCCC[C@H]2C)cc1C. The summed E-state index contributed by atoms with van der Waals surface area (Å²) in [6.45, 7) is 6.06. The van der Waals surface area contributed by atoms with Gasteiger partial charge in [0.15, 0.2) is 0 Å². The number of hydrogen-bond acceptors (Lipinski definition) is 2. The zero-order chi connectivity index (χ0) is 14.0. The average molecular weight is 281 g/mol. The van der Waals surface area contributed by atoms with E-state index in [9.17, 15) is 8.42 Å². The van der Waals surface area contributed by atoms with Crippen LogP contribution in [0, 0.1) is 19.8 Å². The molecule has 2 rings (SSSR count). The fourth-order valence-electron chi connectivity index (χ4n) is 2.64. The van der Waals surface area contributed by atoms with Gasteiger partial charge in [-0.3, -0.25) is 0 Å². The van der Waals surface area contributed by atoms with E-state index in [1.54, 1.807) is 12.1 Å². The van der Waals surface area contributed by atoms with E-state index in [0.717, 1.165) is 30.4 Å². The second-order valence-corrected chi connectivity index (χ2v) is 7.45. The van der Waals surface area contributed by atoms with Crippen LogP contribution in [0.5, 0.6) is 0 Å². The van der Waals surface area contributed by atoms with Gasteiger partial charge in [-0.1, -0.05) is 25.8 Å². The molecule has 1 N–H and O–H groups in total. The quantitative estimate of drug-likeness (QED) is 0.925. The summed E-state index contributed by atoms with van der Waals surface area (Å²) in [4.78, 5) is 0.383. The van der Waals surface area contributed by atoms with Crippen LogP contribution >= 0.6 is 0 Å². The second kappa shape index (κ2) is 5.63. The lowest BCUT2D eigenvalue weighted by Crippen LogP contribution is -2.40. The van der Waals surface area contributed by atoms with Crippen molar-refractivity contribution in [3.8, 4) is 0 Å². The first kappa shape index (κ1) is 14.5. The molecular weight excluding hydrogens is 258 g/mol. The Hall–Kier alpha value is -0.870. The molecule has 1 aromatic carbocycles. The van der Waals surface area contributed by atoms with Gasteiger partial charge in [0.2, 0.25) is 10.0 Å². The summed E-state index contributed by atoms with van der Waals surface area (Å²) in [7, 11) is -3.38. The third kappa shape index (κ3) is 3.37. The van der Waals surface area contributed by atoms with Crippen molar-refractivity contribution in [3.05, 3.63) is 29.3 Å². The van der Waals surface area contributed by atoms with Crippen molar-refractivity contribution in [2.45, 2.75) is 57.4 Å². The zero-order valence-electron chi connectivity index (χ0n) is 11.9. The predicted molar refractivity (Wildman–Crippen MR) is 77.7 cm³/mol. The van der Waals surface area contributed by atoms with E-state index in [0.29, 0.717) is 10.8 Å². The van der Waals surface area contributed by atoms with E-state index in [-0.39, 0.29) is 6.04 Å². The standard InChI is InChI=1S/C15H23NO2S/c1-11-8-9-14(10-13(11)3)19(17,18)16-15-7-5-4-6-12(15)2/h8-10,12,15-16H,4-7H2,1-3H3/t12-,15+/m1/s1. The highest BCUT2D eigenvalue weighted by Gasteiger charge is 2.26. The number of benzene rings is 1. The van der Waals surface area contributed by atoms with E-state index >= 15 is 0 Å². The highest BCUT2D eigenvalue weighted by Crippen LogP contribution is 2.25. The minimum atomic E-state index is -3.38. The molecule has 0 aliphatic heterocycles. The molecule has 0 heterocycles. The Morgan fingerprint density at radius 2 is 1.79 bits per heavy atom. The largest absolute Gasteiger partial charge is 0.240 e. The van der Waals surface area contributed by atoms with Gasteiger partial charge in [0.1, 0.15) is 0 Å². The van der Waals surface area contributed by atoms with Crippen LogP contribution in [-0.4, -0.2) is 14.5 Å². The van der Waals surface area contributed by atoms with Gasteiger partial charge in [-0.25, -0.2) is 13.1 Å². The fraction of sp³-hybridized carbons (Fsp3) is 0.600. The van der Waals surface area contributed by atoms with Gasteiger partial charge in [-0.05, 0) is 55.9 Å². The van der Waals surface area contributed by atoms with Crippen molar-refractivity contribution < 1.29 is 8.42 Å². The number of rotatable bonds is 3. The van der Waals surface area contributed by atoms with E-state index in [4.69, 9.17) is 0 Å². The maximum atomic E-state index is 12.4. The van der Waals surface area contributed by atoms with Crippen molar-refractivity contribution in [2.24, 2.45) is 5.92 Å². The van der Waals surface area contributed by atoms with Crippen LogP contribution in [0.1, 0.15) is 43.7 Å². The molecule has 1 saturated carbocycles. The molecule has 1 aromatic rings. The first-order valence-electron chi connectivity index (χ1n) is 7.00. The van der Waals surface area contributed by atoms with Gasteiger partial charge in [-0.15, -0.1) is 0 Å². The van der Waals surface area contributed by atoms with Crippen molar-refractivity contribution in [3.63, 3.8) is 0 Å². The molecule has 0 unspecified atom stereocenters. The molecule has 19 heavy (non-hydrogen) atoms. The third-order valence-electron chi connectivity index (χ3n) is 4.21. The van der Waals surface area contributed by atoms with Crippen molar-refractivity contribution >= 4 is 10.0 Å². The van der Waals surface area contributed by atoms with Crippen LogP contribution in [0.3, 0.4) is 0 Å². The minimum absolute atomic E-state index is 0.0837. The van der Waals surface area contributed by atoms with Gasteiger partial charge in [0.25, 0.3) is 0 Å². The summed E-state index contributed by atoms with van der Waals surface area (Å²) in [6, 6.07) is 5.40. The lowest BCUT2D eigenvalue weighted by molar-refractivity contribution is 0.310. The Morgan fingerprint density at radius 3 is 2.42 bits per heavy atom. The molecule has 1 fully saturated rings. The lowest BCUT2D eigenvalue weighted by atomic mass is 9.87. The predicted octanol–water partition coefficient (Wildman–Crippen LogP) is 3.16. The number of hydrogen-bond donors (Lipinski definition) is 1. The van der Waals surface area contributed by atoms with Gasteiger partial charge >= 0.3 is 0 Å². The highest BCUT2D eigenvalue weighted by atomic mass is 32.2. The number of aryl methyl sites for hydroxylation is 2. The first-order chi connectivity index (χ1) is 8.90. The number of nitrogens with one attached hydrogen (secondary N) is 1. The molecule has 0 amide bonds. The lowest BCUT2D eigenvalue weighted by Gasteiger charge is -2.29. The van der Waals surface area contributed by atoms with E-state index in [1.165, 1.54) is 6.42 Å². The molecule has 4 heteroatoms. The smallest absolute Gasteiger partial charge is 0.208 e. The minimum Gasteiger partial charge on any atom is -0.208 e. The van der Waals surface area contributed by atoms with Crippen LogP contribution in [0.2, 0.25) is 0 Å². The molecule has 1 aliphatic carbocycles. The maximum absolute atomic E-state index is 12.4. The molecule has 0 spiro atoms. The molecule has 3 nitrogen and oxygen atoms in total. The molecular formula is C15H23NO2S. The molecule has 0 aromatic heterocycles. The summed E-state index contributed by atoms with van der Waals surface area (Å²) in [5.74, 6) is 0.426. The topological polar surface area (TPSA) is 46.2 Å². The van der Waals surface area contributed by atoms with Crippen LogP contribution in [-0.2, 0) is 10.0 Å². The summed E-state index contributed by atoms with van der Waals surface area (Å²) in [5.41, 5.74) is 2.13. The fourth-order valence-corrected chi connectivity index (χ4v) is 4.10. The Balaban J connectivity index is 2.19. The van der Waals surface area contributed by atoms with Crippen LogP contribution in [0.25, 0.3) is 0 Å². The van der Waals surface area contributed by atoms with Crippen molar-refractivity contribution in [2.75, 3.05) is 0 Å². The van der Waals surface area contributed by atoms with Gasteiger partial charge in [-0.2, -0.15) is 0 Å². The Kier molecular flexibility index (Phi) is 4.31. The van der Waals surface area contributed by atoms with Crippen LogP contribution in [0.4, 0.5) is 0 Å². The van der Waals surface area contributed by atoms with E-state index in [1.807, 2.05) is 19.9 Å². The van der Waals surface area contributed by atoms with Gasteiger partial charge < -0.3 is 0 Å². The van der Waals surface area contributed by atoms with Crippen LogP contribution < -0.4 is 4.72 Å². The third-order valence-corrected chi connectivity index (χ3v) is 5.69. The molecule has 0 saturated heterocycles. The summed E-state index contributed by atoms with van der Waals surface area (Å²) >= 11 is 0. The van der Waals surface area contributed by atoms with Crippen LogP contribution in [0.15, 0.2) is 23.1 Å². The molecule has 0 radical (unpaired) electrons. The Bertz CT molecular complexity index is 551. The van der Waals surface area contributed by atoms with E-state index < -0.39 is 10.0 Å². The Morgan fingerprint density at radius 1 is 1.11 bits per heavy atom. The Labute approximate surface area is 116 Å². The maximum Gasteiger partial charge on any atom is 0.240 e.